The van der Waals surface area contributed by atoms with Crippen LogP contribution in [0.25, 0.3) is 21.0 Å². The summed E-state index contributed by atoms with van der Waals surface area (Å²) in [4.78, 5) is 17.8. The van der Waals surface area contributed by atoms with E-state index in [4.69, 9.17) is 11.2 Å². The van der Waals surface area contributed by atoms with Crippen LogP contribution in [0.5, 0.6) is 5.75 Å². The van der Waals surface area contributed by atoms with Crippen LogP contribution in [0.3, 0.4) is 0 Å². The molecular weight excluding hydrogens is 380 g/mol. The van der Waals surface area contributed by atoms with Gasteiger partial charge in [0.1, 0.15) is 11.3 Å². The number of hydrogen-bond acceptors (Lipinski definition) is 3. The lowest BCUT2D eigenvalue weighted by molar-refractivity contribution is -0.117. The third-order valence-electron chi connectivity index (χ3n) is 4.66. The minimum Gasteiger partial charge on any atom is -0.492 e. The second-order valence-electron chi connectivity index (χ2n) is 6.53. The maximum atomic E-state index is 12.8. The zero-order valence-electron chi connectivity index (χ0n) is 16.1. The van der Waals surface area contributed by atoms with Crippen molar-refractivity contribution in [2.75, 3.05) is 6.61 Å². The largest absolute Gasteiger partial charge is 0.492 e. The monoisotopic (exact) mass is 400 g/mol. The number of nitrogens with zero attached hydrogens (tertiary/aromatic N) is 2. The van der Waals surface area contributed by atoms with Gasteiger partial charge < -0.3 is 9.30 Å². The van der Waals surface area contributed by atoms with Gasteiger partial charge in [0.05, 0.1) is 24.3 Å². The summed E-state index contributed by atoms with van der Waals surface area (Å²) in [5.41, 5.74) is 1.85. The minimum atomic E-state index is -0.198. The van der Waals surface area contributed by atoms with Crippen molar-refractivity contribution >= 4 is 38.2 Å². The number of para-hydroxylation sites is 1. The molecule has 1 amide bonds. The van der Waals surface area contributed by atoms with Gasteiger partial charge in [-0.3, -0.25) is 4.79 Å². The number of hydrogen-bond donors (Lipinski definition) is 0. The zero-order chi connectivity index (χ0) is 20.2. The van der Waals surface area contributed by atoms with E-state index < -0.39 is 0 Å². The molecule has 1 heterocycles. The molecule has 0 bridgehead atoms. The van der Waals surface area contributed by atoms with Crippen molar-refractivity contribution in [2.45, 2.75) is 19.9 Å². The number of aromatic nitrogens is 1. The van der Waals surface area contributed by atoms with Crippen molar-refractivity contribution < 1.29 is 9.53 Å². The van der Waals surface area contributed by atoms with Gasteiger partial charge in [-0.05, 0) is 35.4 Å². The minimum absolute atomic E-state index is 0.198. The first-order valence-electron chi connectivity index (χ1n) is 9.44. The normalized spacial score (nSPS) is 11.7. The molecule has 0 unspecified atom stereocenters. The molecule has 0 N–H and O–H groups in total. The summed E-state index contributed by atoms with van der Waals surface area (Å²) in [6.07, 6.45) is 5.83. The molecule has 4 nitrogen and oxygen atoms in total. The molecule has 0 aliphatic heterocycles. The van der Waals surface area contributed by atoms with E-state index in [0.29, 0.717) is 18.0 Å². The van der Waals surface area contributed by atoms with Crippen LogP contribution >= 0.6 is 11.3 Å². The summed E-state index contributed by atoms with van der Waals surface area (Å²) in [6.45, 7) is 2.82. The standard InChI is InChI=1S/C24H20N2O2S/c1-3-15-26-23-20(28-4-2)13-8-14-21(23)29-24(26)25-22(27)16-18-11-7-10-17-9-5-6-12-19(17)18/h1,5-14H,4,15-16H2,2H3. The van der Waals surface area contributed by atoms with E-state index in [9.17, 15) is 4.79 Å². The van der Waals surface area contributed by atoms with E-state index in [1.807, 2.05) is 72.2 Å². The first kappa shape index (κ1) is 19.0. The van der Waals surface area contributed by atoms with Gasteiger partial charge in [-0.15, -0.1) is 6.42 Å². The first-order chi connectivity index (χ1) is 14.2. The van der Waals surface area contributed by atoms with E-state index in [1.54, 1.807) is 0 Å². The number of terminal acetylenes is 1. The Hall–Kier alpha value is -3.36. The molecule has 144 valence electrons. The van der Waals surface area contributed by atoms with Gasteiger partial charge >= 0.3 is 0 Å². The molecule has 0 spiro atoms. The molecule has 0 saturated heterocycles. The second-order valence-corrected chi connectivity index (χ2v) is 7.54. The molecule has 0 atom stereocenters. The Balaban J connectivity index is 1.77. The molecule has 29 heavy (non-hydrogen) atoms. The average molecular weight is 401 g/mol. The highest BCUT2D eigenvalue weighted by Gasteiger charge is 2.13. The summed E-state index contributed by atoms with van der Waals surface area (Å²) >= 11 is 1.45. The second kappa shape index (κ2) is 8.34. The highest BCUT2D eigenvalue weighted by molar-refractivity contribution is 7.16. The van der Waals surface area contributed by atoms with Gasteiger partial charge in [-0.2, -0.15) is 4.99 Å². The molecule has 3 aromatic carbocycles. The summed E-state index contributed by atoms with van der Waals surface area (Å²) in [5.74, 6) is 3.21. The number of benzene rings is 3. The van der Waals surface area contributed by atoms with Crippen LogP contribution in [0.1, 0.15) is 12.5 Å². The fourth-order valence-corrected chi connectivity index (χ4v) is 4.51. The smallest absolute Gasteiger partial charge is 0.252 e. The molecule has 0 fully saturated rings. The Bertz CT molecular complexity index is 1300. The number of carbonyl (C=O) groups excluding carboxylic acids is 1. The molecule has 0 aliphatic carbocycles. The van der Waals surface area contributed by atoms with E-state index in [-0.39, 0.29) is 12.3 Å². The fourth-order valence-electron chi connectivity index (χ4n) is 3.45. The fraction of sp³-hybridized carbons (Fsp3) is 0.167. The van der Waals surface area contributed by atoms with E-state index >= 15 is 0 Å². The lowest BCUT2D eigenvalue weighted by Crippen LogP contribution is -2.17. The van der Waals surface area contributed by atoms with Gasteiger partial charge in [0, 0.05) is 0 Å². The Morgan fingerprint density at radius 3 is 2.76 bits per heavy atom. The van der Waals surface area contributed by atoms with Crippen LogP contribution in [-0.2, 0) is 17.8 Å². The van der Waals surface area contributed by atoms with Crippen LogP contribution in [-0.4, -0.2) is 17.1 Å². The third kappa shape index (κ3) is 3.80. The molecule has 0 saturated carbocycles. The Labute approximate surface area is 173 Å². The molecule has 4 aromatic rings. The van der Waals surface area contributed by atoms with Gasteiger partial charge in [0.2, 0.25) is 0 Å². The predicted octanol–water partition coefficient (Wildman–Crippen LogP) is 4.56. The van der Waals surface area contributed by atoms with Crippen LogP contribution in [0.2, 0.25) is 0 Å². The molecule has 0 aliphatic rings. The summed E-state index contributed by atoms with van der Waals surface area (Å²) < 4.78 is 8.63. The van der Waals surface area contributed by atoms with Crippen LogP contribution < -0.4 is 9.54 Å². The van der Waals surface area contributed by atoms with Gasteiger partial charge in [-0.25, -0.2) is 0 Å². The van der Waals surface area contributed by atoms with Crippen molar-refractivity contribution in [3.05, 3.63) is 71.0 Å². The van der Waals surface area contributed by atoms with E-state index in [1.165, 1.54) is 11.3 Å². The molecule has 4 rings (SSSR count). The lowest BCUT2D eigenvalue weighted by atomic mass is 10.0. The van der Waals surface area contributed by atoms with Gasteiger partial charge in [0.15, 0.2) is 4.80 Å². The first-order valence-corrected chi connectivity index (χ1v) is 10.3. The maximum absolute atomic E-state index is 12.8. The number of ether oxygens (including phenoxy) is 1. The topological polar surface area (TPSA) is 43.6 Å². The quantitative estimate of drug-likeness (QED) is 0.461. The molecule has 0 radical (unpaired) electrons. The summed E-state index contributed by atoms with van der Waals surface area (Å²) in [7, 11) is 0. The van der Waals surface area contributed by atoms with Crippen LogP contribution in [0.4, 0.5) is 0 Å². The number of rotatable bonds is 5. The third-order valence-corrected chi connectivity index (χ3v) is 5.70. The van der Waals surface area contributed by atoms with Crippen LogP contribution in [0, 0.1) is 12.3 Å². The highest BCUT2D eigenvalue weighted by atomic mass is 32.1. The average Bonchev–Trinajstić information content (AvgIpc) is 3.07. The Kier molecular flexibility index (Phi) is 5.46. The molecular formula is C24H20N2O2S. The van der Waals surface area contributed by atoms with E-state index in [2.05, 4.69) is 10.9 Å². The number of carbonyl (C=O) groups is 1. The zero-order valence-corrected chi connectivity index (χ0v) is 16.9. The van der Waals surface area contributed by atoms with Crippen molar-refractivity contribution in [1.29, 1.82) is 0 Å². The predicted molar refractivity (Wildman–Crippen MR) is 118 cm³/mol. The number of fused-ring (bicyclic) bond motifs is 2. The Morgan fingerprint density at radius 1 is 1.14 bits per heavy atom. The number of thiazole rings is 1. The van der Waals surface area contributed by atoms with Crippen molar-refractivity contribution in [1.82, 2.24) is 4.57 Å². The van der Waals surface area contributed by atoms with Crippen molar-refractivity contribution in [2.24, 2.45) is 4.99 Å². The molecule has 1 aromatic heterocycles. The SMILES string of the molecule is C#CCn1c(=NC(=O)Cc2cccc3ccccc23)sc2cccc(OCC)c21. The maximum Gasteiger partial charge on any atom is 0.252 e. The van der Waals surface area contributed by atoms with Crippen molar-refractivity contribution in [3.8, 4) is 18.1 Å². The summed E-state index contributed by atoms with van der Waals surface area (Å²) in [5, 5.41) is 2.19. The summed E-state index contributed by atoms with van der Waals surface area (Å²) in [6, 6.07) is 19.9. The van der Waals surface area contributed by atoms with Gasteiger partial charge in [-0.1, -0.05) is 65.8 Å². The van der Waals surface area contributed by atoms with Gasteiger partial charge in [0.25, 0.3) is 5.91 Å². The molecule has 5 heteroatoms. The lowest BCUT2D eigenvalue weighted by Gasteiger charge is -2.07. The van der Waals surface area contributed by atoms with E-state index in [0.717, 1.165) is 32.3 Å². The number of amides is 1. The Morgan fingerprint density at radius 2 is 1.93 bits per heavy atom. The van der Waals surface area contributed by atoms with Crippen molar-refractivity contribution in [3.63, 3.8) is 0 Å². The highest BCUT2D eigenvalue weighted by Crippen LogP contribution is 2.27. The van der Waals surface area contributed by atoms with Crippen LogP contribution in [0.15, 0.2) is 65.7 Å².